The van der Waals surface area contributed by atoms with Crippen molar-refractivity contribution in [2.24, 2.45) is 23.5 Å². The van der Waals surface area contributed by atoms with Gasteiger partial charge in [-0.1, -0.05) is 13.3 Å². The third kappa shape index (κ3) is 2.52. The number of carbonyl (C=O) groups is 2. The largest absolute Gasteiger partial charge is 0.480 e. The van der Waals surface area contributed by atoms with Crippen molar-refractivity contribution in [2.45, 2.75) is 32.7 Å². The van der Waals surface area contributed by atoms with E-state index in [0.29, 0.717) is 6.61 Å². The molecule has 1 aliphatic carbocycles. The first-order valence-corrected chi connectivity index (χ1v) is 5.69. The van der Waals surface area contributed by atoms with Gasteiger partial charge in [0.05, 0.1) is 12.5 Å². The average Bonchev–Trinajstić information content (AvgIpc) is 2.92. The molecule has 3 N–H and O–H groups in total. The van der Waals surface area contributed by atoms with Gasteiger partial charge in [0, 0.05) is 5.92 Å². The van der Waals surface area contributed by atoms with Gasteiger partial charge in [0.2, 0.25) is 0 Å². The van der Waals surface area contributed by atoms with Crippen LogP contribution >= 0.6 is 0 Å². The summed E-state index contributed by atoms with van der Waals surface area (Å²) in [6, 6.07) is -0.953. The molecule has 1 rings (SSSR count). The highest BCUT2D eigenvalue weighted by Crippen LogP contribution is 2.51. The number of ether oxygens (including phenoxy) is 1. The summed E-state index contributed by atoms with van der Waals surface area (Å²) in [6.45, 7) is 4.06. The number of hydrogen-bond donors (Lipinski definition) is 2. The van der Waals surface area contributed by atoms with Crippen LogP contribution in [0.3, 0.4) is 0 Å². The average molecular weight is 229 g/mol. The van der Waals surface area contributed by atoms with Crippen LogP contribution in [-0.2, 0) is 14.3 Å². The molecule has 0 aromatic heterocycles. The molecule has 0 radical (unpaired) electrons. The molecule has 0 amide bonds. The van der Waals surface area contributed by atoms with E-state index in [9.17, 15) is 9.59 Å². The third-order valence-corrected chi connectivity index (χ3v) is 3.11. The van der Waals surface area contributed by atoms with Crippen LogP contribution in [0.1, 0.15) is 26.7 Å². The zero-order chi connectivity index (χ0) is 12.3. The Morgan fingerprint density at radius 3 is 2.50 bits per heavy atom. The zero-order valence-electron chi connectivity index (χ0n) is 9.68. The van der Waals surface area contributed by atoms with E-state index in [1.807, 2.05) is 6.92 Å². The van der Waals surface area contributed by atoms with Crippen molar-refractivity contribution in [1.82, 2.24) is 0 Å². The van der Waals surface area contributed by atoms with Gasteiger partial charge in [-0.3, -0.25) is 9.59 Å². The number of esters is 1. The Balaban J connectivity index is 2.62. The standard InChI is InChI=1S/C11H19NO4/c1-3-5-6-7(9(12)10(13)14)8(6)11(15)16-4-2/h6-9H,3-5,12H2,1-2H3,(H,13,14)/t6-,7-,8-,9+/m1/s1. The van der Waals surface area contributed by atoms with Gasteiger partial charge in [-0.15, -0.1) is 0 Å². The Labute approximate surface area is 95.0 Å². The second-order valence-electron chi connectivity index (χ2n) is 4.17. The molecule has 4 atom stereocenters. The van der Waals surface area contributed by atoms with Crippen LogP contribution in [0, 0.1) is 17.8 Å². The smallest absolute Gasteiger partial charge is 0.320 e. The number of nitrogens with two attached hydrogens (primary N) is 1. The number of aliphatic carboxylic acids is 1. The van der Waals surface area contributed by atoms with E-state index in [4.69, 9.17) is 15.6 Å². The molecular formula is C11H19NO4. The molecule has 16 heavy (non-hydrogen) atoms. The lowest BCUT2D eigenvalue weighted by Crippen LogP contribution is -2.34. The second kappa shape index (κ2) is 5.30. The Bertz CT molecular complexity index is 279. The predicted octanol–water partition coefficient (Wildman–Crippen LogP) is 0.624. The first-order valence-electron chi connectivity index (χ1n) is 5.69. The van der Waals surface area contributed by atoms with E-state index in [2.05, 4.69) is 0 Å². The molecule has 0 aromatic rings. The highest BCUT2D eigenvalue weighted by molar-refractivity contribution is 5.81. The lowest BCUT2D eigenvalue weighted by molar-refractivity contribution is -0.145. The van der Waals surface area contributed by atoms with Crippen LogP contribution in [0.4, 0.5) is 0 Å². The van der Waals surface area contributed by atoms with E-state index in [-0.39, 0.29) is 23.7 Å². The van der Waals surface area contributed by atoms with Crippen molar-refractivity contribution in [2.75, 3.05) is 6.61 Å². The van der Waals surface area contributed by atoms with Crippen molar-refractivity contribution in [1.29, 1.82) is 0 Å². The lowest BCUT2D eigenvalue weighted by Gasteiger charge is -2.04. The maximum Gasteiger partial charge on any atom is 0.320 e. The summed E-state index contributed by atoms with van der Waals surface area (Å²) in [6.07, 6.45) is 1.75. The van der Waals surface area contributed by atoms with Gasteiger partial charge in [0.15, 0.2) is 0 Å². The van der Waals surface area contributed by atoms with Crippen LogP contribution in [0.5, 0.6) is 0 Å². The Hall–Kier alpha value is -1.10. The van der Waals surface area contributed by atoms with E-state index in [1.165, 1.54) is 0 Å². The van der Waals surface area contributed by atoms with Gasteiger partial charge in [-0.2, -0.15) is 0 Å². The Morgan fingerprint density at radius 1 is 1.44 bits per heavy atom. The van der Waals surface area contributed by atoms with E-state index < -0.39 is 12.0 Å². The summed E-state index contributed by atoms with van der Waals surface area (Å²) < 4.78 is 4.92. The minimum absolute atomic E-state index is 0.0788. The van der Waals surface area contributed by atoms with Gasteiger partial charge in [-0.25, -0.2) is 0 Å². The van der Waals surface area contributed by atoms with Crippen LogP contribution in [0.25, 0.3) is 0 Å². The van der Waals surface area contributed by atoms with Crippen LogP contribution in [-0.4, -0.2) is 29.7 Å². The van der Waals surface area contributed by atoms with Crippen molar-refractivity contribution in [3.8, 4) is 0 Å². The number of rotatable bonds is 6. The Morgan fingerprint density at radius 2 is 2.06 bits per heavy atom. The number of carboxylic acid groups (broad SMARTS) is 1. The molecule has 1 fully saturated rings. The van der Waals surface area contributed by atoms with Gasteiger partial charge in [-0.05, 0) is 19.3 Å². The van der Waals surface area contributed by atoms with Crippen molar-refractivity contribution >= 4 is 11.9 Å². The van der Waals surface area contributed by atoms with E-state index >= 15 is 0 Å². The van der Waals surface area contributed by atoms with Gasteiger partial charge < -0.3 is 15.6 Å². The fourth-order valence-corrected chi connectivity index (χ4v) is 2.33. The van der Waals surface area contributed by atoms with Gasteiger partial charge >= 0.3 is 11.9 Å². The molecule has 92 valence electrons. The predicted molar refractivity (Wildman–Crippen MR) is 57.6 cm³/mol. The summed E-state index contributed by atoms with van der Waals surface area (Å²) >= 11 is 0. The summed E-state index contributed by atoms with van der Waals surface area (Å²) in [5, 5.41) is 8.83. The Kier molecular flexibility index (Phi) is 4.29. The number of hydrogen-bond acceptors (Lipinski definition) is 4. The van der Waals surface area contributed by atoms with E-state index in [1.54, 1.807) is 6.92 Å². The molecular weight excluding hydrogens is 210 g/mol. The highest BCUT2D eigenvalue weighted by atomic mass is 16.5. The molecule has 1 aliphatic rings. The van der Waals surface area contributed by atoms with Gasteiger partial charge in [0.25, 0.3) is 0 Å². The molecule has 0 aromatic carbocycles. The normalized spacial score (nSPS) is 29.6. The molecule has 0 spiro atoms. The van der Waals surface area contributed by atoms with Crippen LogP contribution < -0.4 is 5.73 Å². The fraction of sp³-hybridized carbons (Fsp3) is 0.818. The monoisotopic (exact) mass is 229 g/mol. The topological polar surface area (TPSA) is 89.6 Å². The number of carbonyl (C=O) groups excluding carboxylic acids is 1. The minimum Gasteiger partial charge on any atom is -0.480 e. The first kappa shape index (κ1) is 13.0. The van der Waals surface area contributed by atoms with Crippen LogP contribution in [0.2, 0.25) is 0 Å². The summed E-state index contributed by atoms with van der Waals surface area (Å²) in [4.78, 5) is 22.3. The summed E-state index contributed by atoms with van der Waals surface area (Å²) in [5.74, 6) is -1.83. The van der Waals surface area contributed by atoms with Crippen molar-refractivity contribution in [3.63, 3.8) is 0 Å². The van der Waals surface area contributed by atoms with Crippen LogP contribution in [0.15, 0.2) is 0 Å². The fourth-order valence-electron chi connectivity index (χ4n) is 2.33. The van der Waals surface area contributed by atoms with E-state index in [0.717, 1.165) is 12.8 Å². The third-order valence-electron chi connectivity index (χ3n) is 3.11. The molecule has 5 nitrogen and oxygen atoms in total. The highest BCUT2D eigenvalue weighted by Gasteiger charge is 2.59. The number of carboxylic acids is 1. The molecule has 0 aliphatic heterocycles. The maximum atomic E-state index is 11.6. The SMILES string of the molecule is CCC[C@H]1[C@@H](C(=O)OCC)[C@@H]1[C@H](N)C(=O)O. The summed E-state index contributed by atoms with van der Waals surface area (Å²) in [5.41, 5.74) is 5.56. The lowest BCUT2D eigenvalue weighted by atomic mass is 10.1. The molecule has 0 heterocycles. The molecule has 0 saturated heterocycles. The maximum absolute atomic E-state index is 11.6. The second-order valence-corrected chi connectivity index (χ2v) is 4.17. The van der Waals surface area contributed by atoms with Crippen molar-refractivity contribution in [3.05, 3.63) is 0 Å². The first-order chi connectivity index (χ1) is 7.54. The summed E-state index contributed by atoms with van der Waals surface area (Å²) in [7, 11) is 0. The minimum atomic E-state index is -1.04. The van der Waals surface area contributed by atoms with Crippen molar-refractivity contribution < 1.29 is 19.4 Å². The zero-order valence-corrected chi connectivity index (χ0v) is 9.68. The van der Waals surface area contributed by atoms with Gasteiger partial charge in [0.1, 0.15) is 6.04 Å². The molecule has 0 unspecified atom stereocenters. The molecule has 1 saturated carbocycles. The molecule has 0 bridgehead atoms. The quantitative estimate of drug-likeness (QED) is 0.652. The molecule has 5 heteroatoms.